The van der Waals surface area contributed by atoms with E-state index in [2.05, 4.69) is 32.7 Å². The van der Waals surface area contributed by atoms with Crippen molar-refractivity contribution in [2.75, 3.05) is 20.2 Å². The van der Waals surface area contributed by atoms with Crippen molar-refractivity contribution >= 4 is 11.7 Å². The first-order chi connectivity index (χ1) is 13.0. The Labute approximate surface area is 166 Å². The number of aliphatic hydroxyl groups excluding tert-OH is 1. The van der Waals surface area contributed by atoms with Crippen LogP contribution in [0.15, 0.2) is 24.3 Å². The highest BCUT2D eigenvalue weighted by Crippen LogP contribution is 2.63. The van der Waals surface area contributed by atoms with E-state index in [-0.39, 0.29) is 11.3 Å². The highest BCUT2D eigenvalue weighted by atomic mass is 16.6. The Bertz CT molecular complexity index is 665. The molecule has 0 spiro atoms. The predicted octanol–water partition coefficient (Wildman–Crippen LogP) is 3.81. The second-order valence-corrected chi connectivity index (χ2v) is 8.98. The zero-order valence-electron chi connectivity index (χ0n) is 17.2. The maximum Gasteiger partial charge on any atom is 0.335 e. The molecule has 0 aliphatic heterocycles. The van der Waals surface area contributed by atoms with E-state index in [1.54, 1.807) is 0 Å². The van der Waals surface area contributed by atoms with Gasteiger partial charge in [0.1, 0.15) is 0 Å². The predicted molar refractivity (Wildman–Crippen MR) is 107 cm³/mol. The molecule has 0 radical (unpaired) electrons. The van der Waals surface area contributed by atoms with Gasteiger partial charge in [0.25, 0.3) is 5.69 Å². The number of hydrogen-bond acceptors (Lipinski definition) is 5. The standard InChI is InChI=1S/C14H27NO.C7H5NO4/c1-13(2)11-6-7-14(3,10-11)12(13)15(4)8-5-9-16;9-7(10)5-1-3-6(4-2-5)8(11)12/h11-12,16H,5-10H2,1-4H3;1-4H,(H,9,10). The van der Waals surface area contributed by atoms with Gasteiger partial charge >= 0.3 is 5.97 Å². The summed E-state index contributed by atoms with van der Waals surface area (Å²) in [6.07, 6.45) is 5.14. The molecule has 2 aliphatic carbocycles. The lowest BCUT2D eigenvalue weighted by atomic mass is 9.68. The van der Waals surface area contributed by atoms with Crippen molar-refractivity contribution in [1.29, 1.82) is 0 Å². The average molecular weight is 392 g/mol. The first-order valence-corrected chi connectivity index (χ1v) is 9.82. The van der Waals surface area contributed by atoms with Gasteiger partial charge in [0.05, 0.1) is 10.5 Å². The first-order valence-electron chi connectivity index (χ1n) is 9.82. The number of carboxylic acid groups (broad SMARTS) is 1. The maximum atomic E-state index is 10.3. The summed E-state index contributed by atoms with van der Waals surface area (Å²) in [6.45, 7) is 8.72. The summed E-state index contributed by atoms with van der Waals surface area (Å²) in [5.41, 5.74) is 0.913. The highest BCUT2D eigenvalue weighted by Gasteiger charge is 2.60. The van der Waals surface area contributed by atoms with Gasteiger partial charge < -0.3 is 15.1 Å². The topological polar surface area (TPSA) is 104 Å². The van der Waals surface area contributed by atoms with Crippen molar-refractivity contribution < 1.29 is 19.9 Å². The number of nitro benzene ring substituents is 1. The van der Waals surface area contributed by atoms with Crippen LogP contribution in [0.5, 0.6) is 0 Å². The molecule has 28 heavy (non-hydrogen) atoms. The SMILES string of the molecule is CN(CCCO)C1C2(C)CCC(C2)C1(C)C.O=C(O)c1ccc([N+](=O)[O-])cc1. The van der Waals surface area contributed by atoms with Crippen LogP contribution in [0, 0.1) is 26.9 Å². The fourth-order valence-corrected chi connectivity index (χ4v) is 5.55. The summed E-state index contributed by atoms with van der Waals surface area (Å²) in [6, 6.07) is 5.40. The summed E-state index contributed by atoms with van der Waals surface area (Å²) in [5.74, 6) is -0.177. The number of fused-ring (bicyclic) bond motifs is 2. The number of hydrogen-bond donors (Lipinski definition) is 2. The van der Waals surface area contributed by atoms with E-state index in [4.69, 9.17) is 10.2 Å². The highest BCUT2D eigenvalue weighted by molar-refractivity contribution is 5.87. The van der Waals surface area contributed by atoms with Gasteiger partial charge in [-0.15, -0.1) is 0 Å². The molecule has 2 bridgehead atoms. The third-order valence-corrected chi connectivity index (χ3v) is 6.63. The number of nitro groups is 1. The fourth-order valence-electron chi connectivity index (χ4n) is 5.55. The Morgan fingerprint density at radius 1 is 1.29 bits per heavy atom. The molecule has 1 aromatic carbocycles. The minimum absolute atomic E-state index is 0.0422. The number of rotatable bonds is 6. The molecule has 1 aromatic rings. The van der Waals surface area contributed by atoms with E-state index >= 15 is 0 Å². The summed E-state index contributed by atoms with van der Waals surface area (Å²) in [5, 5.41) is 27.5. The lowest BCUT2D eigenvalue weighted by molar-refractivity contribution is -0.384. The molecule has 2 saturated carbocycles. The lowest BCUT2D eigenvalue weighted by Gasteiger charge is -2.47. The van der Waals surface area contributed by atoms with Gasteiger partial charge in [-0.3, -0.25) is 10.1 Å². The van der Waals surface area contributed by atoms with Crippen LogP contribution in [0.1, 0.15) is 56.8 Å². The molecule has 156 valence electrons. The van der Waals surface area contributed by atoms with Crippen LogP contribution in [-0.2, 0) is 0 Å². The lowest BCUT2D eigenvalue weighted by Crippen LogP contribution is -2.51. The first kappa shape index (κ1) is 22.3. The summed E-state index contributed by atoms with van der Waals surface area (Å²) >= 11 is 0. The quantitative estimate of drug-likeness (QED) is 0.563. The van der Waals surface area contributed by atoms with Gasteiger partial charge in [-0.25, -0.2) is 4.79 Å². The van der Waals surface area contributed by atoms with Gasteiger partial charge in [-0.2, -0.15) is 0 Å². The van der Waals surface area contributed by atoms with E-state index in [1.165, 1.54) is 31.4 Å². The molecular formula is C21H32N2O5. The van der Waals surface area contributed by atoms with Crippen molar-refractivity contribution in [3.63, 3.8) is 0 Å². The molecule has 3 unspecified atom stereocenters. The molecule has 2 fully saturated rings. The number of carbonyl (C=O) groups is 1. The molecule has 0 aromatic heterocycles. The Balaban J connectivity index is 0.000000209. The maximum absolute atomic E-state index is 10.3. The molecule has 0 saturated heterocycles. The average Bonchev–Trinajstić information content (AvgIpc) is 3.11. The van der Waals surface area contributed by atoms with Crippen LogP contribution < -0.4 is 0 Å². The second kappa shape index (κ2) is 8.57. The molecule has 3 atom stereocenters. The zero-order valence-corrected chi connectivity index (χ0v) is 17.2. The number of carboxylic acids is 1. The smallest absolute Gasteiger partial charge is 0.335 e. The van der Waals surface area contributed by atoms with Gasteiger partial charge in [0.2, 0.25) is 0 Å². The molecule has 0 heterocycles. The minimum Gasteiger partial charge on any atom is -0.478 e. The molecule has 2 aliphatic rings. The minimum atomic E-state index is -1.09. The van der Waals surface area contributed by atoms with E-state index in [0.29, 0.717) is 23.5 Å². The van der Waals surface area contributed by atoms with Crippen LogP contribution in [0.3, 0.4) is 0 Å². The van der Waals surface area contributed by atoms with Crippen molar-refractivity contribution in [1.82, 2.24) is 4.90 Å². The van der Waals surface area contributed by atoms with Gasteiger partial charge in [-0.05, 0) is 61.6 Å². The molecule has 3 rings (SSSR count). The largest absolute Gasteiger partial charge is 0.478 e. The van der Waals surface area contributed by atoms with E-state index in [1.807, 2.05) is 0 Å². The van der Waals surface area contributed by atoms with Gasteiger partial charge in [0, 0.05) is 31.3 Å². The molecule has 0 amide bonds. The summed E-state index contributed by atoms with van der Waals surface area (Å²) < 4.78 is 0. The summed E-state index contributed by atoms with van der Waals surface area (Å²) in [4.78, 5) is 22.4. The summed E-state index contributed by atoms with van der Waals surface area (Å²) in [7, 11) is 2.24. The Kier molecular flexibility index (Phi) is 6.83. The normalized spacial score (nSPS) is 27.4. The fraction of sp³-hybridized carbons (Fsp3) is 0.667. The van der Waals surface area contributed by atoms with Gasteiger partial charge in [-0.1, -0.05) is 20.8 Å². The zero-order chi connectivity index (χ0) is 21.1. The number of non-ortho nitro benzene ring substituents is 1. The number of nitrogens with zero attached hydrogens (tertiary/aromatic N) is 2. The van der Waals surface area contributed by atoms with Crippen molar-refractivity contribution in [2.45, 2.75) is 52.5 Å². The van der Waals surface area contributed by atoms with Crippen LogP contribution >= 0.6 is 0 Å². The van der Waals surface area contributed by atoms with Crippen molar-refractivity contribution in [3.05, 3.63) is 39.9 Å². The van der Waals surface area contributed by atoms with Crippen molar-refractivity contribution in [3.8, 4) is 0 Å². The number of aliphatic hydroxyl groups is 1. The molecule has 7 nitrogen and oxygen atoms in total. The van der Waals surface area contributed by atoms with E-state index < -0.39 is 10.9 Å². The Morgan fingerprint density at radius 3 is 2.32 bits per heavy atom. The van der Waals surface area contributed by atoms with E-state index in [0.717, 1.165) is 31.0 Å². The molecular weight excluding hydrogens is 360 g/mol. The Morgan fingerprint density at radius 2 is 1.89 bits per heavy atom. The third kappa shape index (κ3) is 4.52. The van der Waals surface area contributed by atoms with Crippen LogP contribution in [0.25, 0.3) is 0 Å². The van der Waals surface area contributed by atoms with Crippen LogP contribution in [0.4, 0.5) is 5.69 Å². The monoisotopic (exact) mass is 392 g/mol. The van der Waals surface area contributed by atoms with Crippen molar-refractivity contribution in [2.24, 2.45) is 16.7 Å². The molecule has 2 N–H and O–H groups in total. The third-order valence-electron chi connectivity index (χ3n) is 6.63. The number of benzene rings is 1. The van der Waals surface area contributed by atoms with Crippen LogP contribution in [-0.4, -0.2) is 52.2 Å². The van der Waals surface area contributed by atoms with E-state index in [9.17, 15) is 14.9 Å². The van der Waals surface area contributed by atoms with Crippen LogP contribution in [0.2, 0.25) is 0 Å². The van der Waals surface area contributed by atoms with Gasteiger partial charge in [0.15, 0.2) is 0 Å². The molecule has 7 heteroatoms. The second-order valence-electron chi connectivity index (χ2n) is 8.98. The number of aromatic carboxylic acids is 1. The Hall–Kier alpha value is -1.99.